The minimum Gasteiger partial charge on any atom is -0.251 e. The SMILES string of the molecule is OOC12CCCCC1CCCC2.OOC12CCCCC1CCCC2.[Cd]. The van der Waals surface area contributed by atoms with Crippen LogP contribution in [0.1, 0.15) is 103 Å². The van der Waals surface area contributed by atoms with Gasteiger partial charge in [0.15, 0.2) is 0 Å². The van der Waals surface area contributed by atoms with E-state index in [1.807, 2.05) is 0 Å². The molecule has 4 rings (SSSR count). The number of hydrogen-bond donors (Lipinski definition) is 2. The van der Waals surface area contributed by atoms with E-state index < -0.39 is 0 Å². The van der Waals surface area contributed by atoms with Gasteiger partial charge in [-0.25, -0.2) is 9.78 Å². The molecule has 142 valence electrons. The van der Waals surface area contributed by atoms with Crippen molar-refractivity contribution in [3.8, 4) is 0 Å². The van der Waals surface area contributed by atoms with Gasteiger partial charge in [0.05, 0.1) is 0 Å². The second kappa shape index (κ2) is 10.3. The average molecular weight is 453 g/mol. The van der Waals surface area contributed by atoms with Gasteiger partial charge in [-0.05, 0) is 63.2 Å². The second-order valence-electron chi connectivity index (χ2n) is 8.69. The van der Waals surface area contributed by atoms with Gasteiger partial charge < -0.3 is 0 Å². The molecule has 4 fully saturated rings. The van der Waals surface area contributed by atoms with E-state index in [0.717, 1.165) is 25.7 Å². The van der Waals surface area contributed by atoms with Crippen molar-refractivity contribution in [2.75, 3.05) is 0 Å². The van der Waals surface area contributed by atoms with Crippen LogP contribution in [0.3, 0.4) is 0 Å². The summed E-state index contributed by atoms with van der Waals surface area (Å²) in [4.78, 5) is 9.57. The third-order valence-electron chi connectivity index (χ3n) is 7.46. The van der Waals surface area contributed by atoms with Crippen LogP contribution in [-0.4, -0.2) is 21.7 Å². The molecule has 2 N–H and O–H groups in total. The molecule has 0 atom stereocenters. The molecule has 5 heteroatoms. The molecule has 0 heterocycles. The van der Waals surface area contributed by atoms with Crippen molar-refractivity contribution in [3.05, 3.63) is 0 Å². The molecule has 0 aliphatic heterocycles. The molecule has 4 aliphatic carbocycles. The molecular formula is C20H36CdO4. The first-order chi connectivity index (χ1) is 11.7. The smallest absolute Gasteiger partial charge is 0.106 e. The van der Waals surface area contributed by atoms with Gasteiger partial charge >= 0.3 is 0 Å². The van der Waals surface area contributed by atoms with Gasteiger partial charge in [-0.15, -0.1) is 0 Å². The Morgan fingerprint density at radius 3 is 1.00 bits per heavy atom. The Bertz CT molecular complexity index is 330. The topological polar surface area (TPSA) is 58.9 Å². The van der Waals surface area contributed by atoms with E-state index in [4.69, 9.17) is 20.3 Å². The van der Waals surface area contributed by atoms with Crippen LogP contribution in [0.2, 0.25) is 0 Å². The Hall–Kier alpha value is 0.762. The summed E-state index contributed by atoms with van der Waals surface area (Å²) in [6, 6.07) is 0. The molecule has 0 bridgehead atoms. The summed E-state index contributed by atoms with van der Waals surface area (Å²) in [6.45, 7) is 0. The van der Waals surface area contributed by atoms with Crippen molar-refractivity contribution in [2.45, 2.75) is 114 Å². The Morgan fingerprint density at radius 2 is 0.800 bits per heavy atom. The molecule has 25 heavy (non-hydrogen) atoms. The summed E-state index contributed by atoms with van der Waals surface area (Å²) in [5.74, 6) is 1.29. The predicted molar refractivity (Wildman–Crippen MR) is 93.7 cm³/mol. The predicted octanol–water partition coefficient (Wildman–Crippen LogP) is 5.96. The van der Waals surface area contributed by atoms with Crippen molar-refractivity contribution >= 4 is 0 Å². The average Bonchev–Trinajstić information content (AvgIpc) is 2.68. The van der Waals surface area contributed by atoms with E-state index in [2.05, 4.69) is 0 Å². The van der Waals surface area contributed by atoms with Crippen LogP contribution < -0.4 is 0 Å². The van der Waals surface area contributed by atoms with Crippen molar-refractivity contribution in [1.29, 1.82) is 0 Å². The van der Waals surface area contributed by atoms with Gasteiger partial charge in [0.1, 0.15) is 11.2 Å². The standard InChI is InChI=1S/2C10H18O2.Cd/c2*11-12-10-7-3-1-5-9(10)6-2-4-8-10;/h2*9,11H,1-8H2;. The molecule has 0 radical (unpaired) electrons. The Balaban J connectivity index is 0.000000173. The summed E-state index contributed by atoms with van der Waals surface area (Å²) < 4.78 is 0. The summed E-state index contributed by atoms with van der Waals surface area (Å²) in [5.41, 5.74) is -0.257. The summed E-state index contributed by atoms with van der Waals surface area (Å²) in [7, 11) is 0. The monoisotopic (exact) mass is 454 g/mol. The first-order valence-electron chi connectivity index (χ1n) is 10.4. The van der Waals surface area contributed by atoms with Gasteiger partial charge in [-0.2, -0.15) is 0 Å². The Morgan fingerprint density at radius 1 is 0.520 bits per heavy atom. The molecule has 4 nitrogen and oxygen atoms in total. The Labute approximate surface area is 173 Å². The number of hydrogen-bond acceptors (Lipinski definition) is 4. The molecule has 0 amide bonds. The van der Waals surface area contributed by atoms with Crippen LogP contribution in [0.4, 0.5) is 0 Å². The summed E-state index contributed by atoms with van der Waals surface area (Å²) in [5, 5.41) is 18.0. The third-order valence-corrected chi connectivity index (χ3v) is 7.46. The zero-order chi connectivity index (χ0) is 16.9. The van der Waals surface area contributed by atoms with E-state index in [-0.39, 0.29) is 38.5 Å². The van der Waals surface area contributed by atoms with E-state index in [9.17, 15) is 0 Å². The first kappa shape index (κ1) is 22.1. The van der Waals surface area contributed by atoms with Crippen LogP contribution >= 0.6 is 0 Å². The first-order valence-corrected chi connectivity index (χ1v) is 10.4. The maximum Gasteiger partial charge on any atom is 0.106 e. The van der Waals surface area contributed by atoms with Crippen LogP contribution in [0, 0.1) is 11.8 Å². The second-order valence-corrected chi connectivity index (χ2v) is 8.69. The molecule has 0 aromatic heterocycles. The molecule has 4 saturated carbocycles. The van der Waals surface area contributed by atoms with E-state index >= 15 is 0 Å². The zero-order valence-corrected chi connectivity index (χ0v) is 19.9. The van der Waals surface area contributed by atoms with Gasteiger partial charge in [0, 0.05) is 27.3 Å². The maximum absolute atomic E-state index is 8.98. The van der Waals surface area contributed by atoms with Gasteiger partial charge in [-0.1, -0.05) is 51.4 Å². The summed E-state index contributed by atoms with van der Waals surface area (Å²) >= 11 is 0. The molecular weight excluding hydrogens is 417 g/mol. The van der Waals surface area contributed by atoms with E-state index in [1.54, 1.807) is 0 Å². The third kappa shape index (κ3) is 4.98. The molecule has 0 unspecified atom stereocenters. The quantitative estimate of drug-likeness (QED) is 0.308. The summed E-state index contributed by atoms with van der Waals surface area (Å²) in [6.07, 6.45) is 19.6. The largest absolute Gasteiger partial charge is 0.251 e. The van der Waals surface area contributed by atoms with Gasteiger partial charge in [0.2, 0.25) is 0 Å². The minimum absolute atomic E-state index is 0. The van der Waals surface area contributed by atoms with Crippen LogP contribution in [0.15, 0.2) is 0 Å². The van der Waals surface area contributed by atoms with Crippen molar-refractivity contribution in [1.82, 2.24) is 0 Å². The van der Waals surface area contributed by atoms with Crippen molar-refractivity contribution in [3.63, 3.8) is 0 Å². The van der Waals surface area contributed by atoms with Gasteiger partial charge in [-0.3, -0.25) is 10.5 Å². The van der Waals surface area contributed by atoms with Crippen LogP contribution in [-0.2, 0) is 37.1 Å². The van der Waals surface area contributed by atoms with E-state index in [1.165, 1.54) is 77.0 Å². The molecule has 0 aromatic carbocycles. The fraction of sp³-hybridized carbons (Fsp3) is 1.00. The normalized spacial score (nSPS) is 40.6. The molecule has 0 spiro atoms. The number of rotatable bonds is 2. The minimum atomic E-state index is -0.128. The maximum atomic E-state index is 8.98. The van der Waals surface area contributed by atoms with E-state index in [0.29, 0.717) is 11.8 Å². The molecule has 0 saturated heterocycles. The van der Waals surface area contributed by atoms with Crippen LogP contribution in [0.5, 0.6) is 0 Å². The fourth-order valence-electron chi connectivity index (χ4n) is 6.00. The Kier molecular flexibility index (Phi) is 9.13. The number of fused-ring (bicyclic) bond motifs is 2. The van der Waals surface area contributed by atoms with Gasteiger partial charge in [0.25, 0.3) is 0 Å². The fourth-order valence-corrected chi connectivity index (χ4v) is 6.00. The molecule has 0 aromatic rings. The zero-order valence-electron chi connectivity index (χ0n) is 15.9. The van der Waals surface area contributed by atoms with Crippen molar-refractivity contribution < 1.29 is 47.6 Å². The van der Waals surface area contributed by atoms with Crippen LogP contribution in [0.25, 0.3) is 0 Å². The molecule has 4 aliphatic rings. The van der Waals surface area contributed by atoms with Crippen molar-refractivity contribution in [2.24, 2.45) is 11.8 Å².